The van der Waals surface area contributed by atoms with Gasteiger partial charge in [0, 0.05) is 38.2 Å². The minimum atomic E-state index is -4.21. The molecule has 0 saturated heterocycles. The van der Waals surface area contributed by atoms with Crippen molar-refractivity contribution in [1.82, 2.24) is 29.6 Å². The minimum Gasteiger partial charge on any atom is -0.356 e. The molecule has 0 radical (unpaired) electrons. The van der Waals surface area contributed by atoms with Gasteiger partial charge in [0.1, 0.15) is 11.5 Å². The van der Waals surface area contributed by atoms with Crippen LogP contribution in [-0.4, -0.2) is 42.9 Å². The fraction of sp³-hybridized carbons (Fsp3) is 0.478. The molecular weight excluding hydrogens is 447 g/mol. The summed E-state index contributed by atoms with van der Waals surface area (Å²) in [5.74, 6) is -0.00133. The van der Waals surface area contributed by atoms with Gasteiger partial charge in [0.05, 0.1) is 11.6 Å². The molecule has 1 atom stereocenters. The molecule has 1 aromatic carbocycles. The molecule has 3 aromatic rings. The summed E-state index contributed by atoms with van der Waals surface area (Å²) in [4.78, 5) is 21.8. The van der Waals surface area contributed by atoms with E-state index in [0.717, 1.165) is 42.3 Å². The molecule has 5 rings (SSSR count). The number of benzene rings is 1. The van der Waals surface area contributed by atoms with Crippen LogP contribution >= 0.6 is 0 Å². The van der Waals surface area contributed by atoms with Crippen molar-refractivity contribution in [2.24, 2.45) is 5.92 Å². The summed E-state index contributed by atoms with van der Waals surface area (Å²) in [6.45, 7) is 4.15. The molecule has 2 N–H and O–H groups in total. The number of nitrogens with one attached hydrogen (secondary N) is 2. The molecule has 1 amide bonds. The van der Waals surface area contributed by atoms with Gasteiger partial charge in [-0.3, -0.25) is 4.79 Å². The average molecular weight is 474 g/mol. The van der Waals surface area contributed by atoms with Gasteiger partial charge in [-0.2, -0.15) is 18.3 Å². The van der Waals surface area contributed by atoms with Gasteiger partial charge >= 0.3 is 6.18 Å². The van der Waals surface area contributed by atoms with E-state index >= 15 is 0 Å². The van der Waals surface area contributed by atoms with Gasteiger partial charge in [0.2, 0.25) is 5.95 Å². The van der Waals surface area contributed by atoms with Crippen molar-refractivity contribution in [1.29, 1.82) is 0 Å². The second-order valence-electron chi connectivity index (χ2n) is 8.70. The third kappa shape index (κ3) is 4.26. The fourth-order valence-corrected chi connectivity index (χ4v) is 4.54. The molecule has 4 heterocycles. The quantitative estimate of drug-likeness (QED) is 0.591. The number of imidazole rings is 1. The number of amides is 1. The summed E-state index contributed by atoms with van der Waals surface area (Å²) in [6.07, 6.45) is -2.72. The highest BCUT2D eigenvalue weighted by Gasteiger charge is 2.42. The predicted octanol–water partition coefficient (Wildman–Crippen LogP) is 3.57. The van der Waals surface area contributed by atoms with Crippen LogP contribution in [0, 0.1) is 5.92 Å². The van der Waals surface area contributed by atoms with Crippen LogP contribution in [0.4, 0.5) is 19.1 Å². The zero-order valence-electron chi connectivity index (χ0n) is 18.8. The summed E-state index contributed by atoms with van der Waals surface area (Å²) in [7, 11) is 0. The van der Waals surface area contributed by atoms with Gasteiger partial charge in [-0.1, -0.05) is 31.2 Å². The Balaban J connectivity index is 1.25. The Labute approximate surface area is 194 Å². The maximum Gasteiger partial charge on any atom is 0.392 e. The molecule has 1 unspecified atom stereocenters. The van der Waals surface area contributed by atoms with Crippen molar-refractivity contribution in [3.8, 4) is 11.4 Å². The van der Waals surface area contributed by atoms with Crippen molar-refractivity contribution < 1.29 is 18.0 Å². The lowest BCUT2D eigenvalue weighted by molar-refractivity contribution is -0.179. The van der Waals surface area contributed by atoms with E-state index in [2.05, 4.69) is 25.7 Å². The Kier molecular flexibility index (Phi) is 5.78. The molecule has 0 aliphatic carbocycles. The number of aryl methyl sites for hydroxylation is 2. The first-order valence-electron chi connectivity index (χ1n) is 11.5. The Bertz CT molecular complexity index is 1200. The van der Waals surface area contributed by atoms with E-state index in [9.17, 15) is 18.0 Å². The van der Waals surface area contributed by atoms with E-state index in [1.807, 2.05) is 35.8 Å². The number of carbonyl (C=O) groups excluding carboxylic acids is 1. The summed E-state index contributed by atoms with van der Waals surface area (Å²) in [5.41, 5.74) is 3.00. The highest BCUT2D eigenvalue weighted by molar-refractivity contribution is 5.94. The Morgan fingerprint density at radius 3 is 2.74 bits per heavy atom. The SMILES string of the molecule is CCc1nc2n(c1C(=O)NCc1ccc(-c3nc4n(n3)CCC(C(F)(F)F)C4)cc1)CCCN2. The number of alkyl halides is 3. The van der Waals surface area contributed by atoms with Crippen LogP contribution in [0.1, 0.15) is 47.3 Å². The minimum absolute atomic E-state index is 0.0220. The van der Waals surface area contributed by atoms with E-state index in [4.69, 9.17) is 0 Å². The van der Waals surface area contributed by atoms with E-state index in [-0.39, 0.29) is 25.3 Å². The molecule has 11 heteroatoms. The van der Waals surface area contributed by atoms with E-state index in [0.29, 0.717) is 30.3 Å². The average Bonchev–Trinajstić information content (AvgIpc) is 3.43. The van der Waals surface area contributed by atoms with Crippen molar-refractivity contribution >= 4 is 11.9 Å². The van der Waals surface area contributed by atoms with E-state index in [1.54, 1.807) is 4.68 Å². The molecule has 8 nitrogen and oxygen atoms in total. The summed E-state index contributed by atoms with van der Waals surface area (Å²) in [6, 6.07) is 7.38. The number of hydrogen-bond acceptors (Lipinski definition) is 5. The Hall–Kier alpha value is -3.37. The summed E-state index contributed by atoms with van der Waals surface area (Å²) >= 11 is 0. The normalized spacial score (nSPS) is 17.6. The lowest BCUT2D eigenvalue weighted by Crippen LogP contribution is -2.31. The molecule has 2 aliphatic heterocycles. The van der Waals surface area contributed by atoms with Gasteiger partial charge in [-0.15, -0.1) is 0 Å². The maximum atomic E-state index is 13.1. The number of halogens is 3. The van der Waals surface area contributed by atoms with Crippen LogP contribution < -0.4 is 10.6 Å². The van der Waals surface area contributed by atoms with Crippen molar-refractivity contribution in [2.75, 3.05) is 11.9 Å². The molecule has 2 aromatic heterocycles. The topological polar surface area (TPSA) is 89.7 Å². The van der Waals surface area contributed by atoms with Crippen LogP contribution in [0.3, 0.4) is 0 Å². The zero-order chi connectivity index (χ0) is 23.9. The van der Waals surface area contributed by atoms with Crippen LogP contribution in [-0.2, 0) is 32.5 Å². The number of rotatable bonds is 5. The van der Waals surface area contributed by atoms with Crippen molar-refractivity contribution in [3.63, 3.8) is 0 Å². The first kappa shape index (κ1) is 22.4. The number of anilines is 1. The van der Waals surface area contributed by atoms with Crippen LogP contribution in [0.25, 0.3) is 11.4 Å². The van der Waals surface area contributed by atoms with Crippen molar-refractivity contribution in [2.45, 2.75) is 58.4 Å². The van der Waals surface area contributed by atoms with Gasteiger partial charge in [-0.25, -0.2) is 14.6 Å². The Morgan fingerprint density at radius 2 is 2.00 bits per heavy atom. The third-order valence-electron chi connectivity index (χ3n) is 6.43. The third-order valence-corrected chi connectivity index (χ3v) is 6.43. The molecule has 2 aliphatic rings. The second-order valence-corrected chi connectivity index (χ2v) is 8.70. The maximum absolute atomic E-state index is 13.1. The molecule has 0 fully saturated rings. The van der Waals surface area contributed by atoms with Crippen LogP contribution in [0.5, 0.6) is 0 Å². The molecule has 0 saturated carbocycles. The molecule has 180 valence electrons. The highest BCUT2D eigenvalue weighted by Crippen LogP contribution is 2.34. The Morgan fingerprint density at radius 1 is 1.21 bits per heavy atom. The lowest BCUT2D eigenvalue weighted by atomic mass is 9.98. The monoisotopic (exact) mass is 473 g/mol. The molecule has 0 bridgehead atoms. The number of carbonyl (C=O) groups is 1. The number of aromatic nitrogens is 5. The van der Waals surface area contributed by atoms with Gasteiger partial charge < -0.3 is 15.2 Å². The molecular formula is C23H26F3N7O. The van der Waals surface area contributed by atoms with Crippen LogP contribution in [0.2, 0.25) is 0 Å². The van der Waals surface area contributed by atoms with Gasteiger partial charge in [-0.05, 0) is 24.8 Å². The standard InChI is InChI=1S/C23H26F3N7O/c1-2-17-19(32-10-3-9-27-22(32)29-17)21(34)28-13-14-4-6-15(7-5-14)20-30-18-12-16(23(24,25)26)8-11-33(18)31-20/h4-7,16H,2-3,8-13H2,1H3,(H,27,29)(H,28,34). The van der Waals surface area contributed by atoms with Crippen molar-refractivity contribution in [3.05, 3.63) is 47.0 Å². The van der Waals surface area contributed by atoms with Gasteiger partial charge in [0.15, 0.2) is 5.82 Å². The summed E-state index contributed by atoms with van der Waals surface area (Å²) in [5, 5.41) is 10.6. The van der Waals surface area contributed by atoms with E-state index < -0.39 is 12.1 Å². The predicted molar refractivity (Wildman–Crippen MR) is 119 cm³/mol. The first-order chi connectivity index (χ1) is 16.3. The zero-order valence-corrected chi connectivity index (χ0v) is 18.8. The number of fused-ring (bicyclic) bond motifs is 2. The fourth-order valence-electron chi connectivity index (χ4n) is 4.54. The largest absolute Gasteiger partial charge is 0.392 e. The van der Waals surface area contributed by atoms with E-state index in [1.165, 1.54) is 0 Å². The number of nitrogens with zero attached hydrogens (tertiary/aromatic N) is 5. The summed E-state index contributed by atoms with van der Waals surface area (Å²) < 4.78 is 42.7. The smallest absolute Gasteiger partial charge is 0.356 e. The molecule has 34 heavy (non-hydrogen) atoms. The second kappa shape index (κ2) is 8.77. The first-order valence-corrected chi connectivity index (χ1v) is 11.5. The lowest BCUT2D eigenvalue weighted by Gasteiger charge is -2.24. The van der Waals surface area contributed by atoms with Gasteiger partial charge in [0.25, 0.3) is 5.91 Å². The molecule has 0 spiro atoms. The highest BCUT2D eigenvalue weighted by atomic mass is 19.4. The van der Waals surface area contributed by atoms with Crippen LogP contribution in [0.15, 0.2) is 24.3 Å². The number of hydrogen-bond donors (Lipinski definition) is 2.